The van der Waals surface area contributed by atoms with E-state index in [-0.39, 0.29) is 11.1 Å². The molecule has 30 heavy (non-hydrogen) atoms. The molecule has 0 radical (unpaired) electrons. The van der Waals surface area contributed by atoms with Crippen molar-refractivity contribution >= 4 is 17.6 Å². The van der Waals surface area contributed by atoms with Gasteiger partial charge in [0.1, 0.15) is 6.10 Å². The van der Waals surface area contributed by atoms with Gasteiger partial charge in [0.05, 0.1) is 0 Å². The molecule has 1 atom stereocenters. The smallest absolute Gasteiger partial charge is 0.384 e. The molecule has 0 aliphatic heterocycles. The van der Waals surface area contributed by atoms with Crippen molar-refractivity contribution in [1.29, 1.82) is 0 Å². The molecule has 3 aromatic carbocycles. The third-order valence-corrected chi connectivity index (χ3v) is 4.46. The van der Waals surface area contributed by atoms with Crippen LogP contribution in [-0.2, 0) is 0 Å². The number of rotatable bonds is 6. The van der Waals surface area contributed by atoms with E-state index in [4.69, 9.17) is 0 Å². The Bertz CT molecular complexity index is 1050. The Balaban J connectivity index is 1.98. The second-order valence-corrected chi connectivity index (χ2v) is 6.56. The lowest BCUT2D eigenvalue weighted by atomic mass is 9.92. The van der Waals surface area contributed by atoms with Crippen LogP contribution in [0.5, 0.6) is 0 Å². The second-order valence-electron chi connectivity index (χ2n) is 6.56. The number of hydrogen-bond donors (Lipinski definition) is 1. The number of carbonyl (C=O) groups excluding carboxylic acids is 2. The first kappa shape index (κ1) is 21.2. The molecule has 0 bridgehead atoms. The van der Waals surface area contributed by atoms with Gasteiger partial charge in [-0.25, -0.2) is 0 Å². The monoisotopic (exact) mass is 410 g/mol. The van der Waals surface area contributed by atoms with Gasteiger partial charge in [-0.05, 0) is 17.2 Å². The van der Waals surface area contributed by atoms with Crippen LogP contribution in [0.3, 0.4) is 0 Å². The van der Waals surface area contributed by atoms with Crippen LogP contribution in [0, 0.1) is 0 Å². The molecule has 152 valence electrons. The minimum atomic E-state index is -4.98. The summed E-state index contributed by atoms with van der Waals surface area (Å²) < 4.78 is 37.8. The number of carbonyl (C=O) groups is 2. The lowest BCUT2D eigenvalue weighted by Gasteiger charge is -2.16. The maximum absolute atomic E-state index is 13.0. The van der Waals surface area contributed by atoms with Crippen molar-refractivity contribution in [3.63, 3.8) is 0 Å². The molecule has 3 rings (SSSR count). The first-order valence-corrected chi connectivity index (χ1v) is 9.03. The molecular weight excluding hydrogens is 393 g/mol. The minimum absolute atomic E-state index is 0.0577. The Labute approximate surface area is 171 Å². The zero-order valence-corrected chi connectivity index (χ0v) is 15.6. The fourth-order valence-electron chi connectivity index (χ4n) is 2.91. The Kier molecular flexibility index (Phi) is 6.28. The molecule has 0 aromatic heterocycles. The van der Waals surface area contributed by atoms with Crippen LogP contribution < -0.4 is 0 Å². The van der Waals surface area contributed by atoms with E-state index in [0.717, 1.165) is 12.1 Å². The quantitative estimate of drug-likeness (QED) is 0.435. The molecule has 3 nitrogen and oxygen atoms in total. The zero-order valence-electron chi connectivity index (χ0n) is 15.6. The lowest BCUT2D eigenvalue weighted by molar-refractivity contribution is -0.0885. The topological polar surface area (TPSA) is 54.4 Å². The summed E-state index contributed by atoms with van der Waals surface area (Å²) in [5.41, 5.74) is 0.756. The van der Waals surface area contributed by atoms with Crippen LogP contribution >= 0.6 is 0 Å². The van der Waals surface area contributed by atoms with E-state index in [1.807, 2.05) is 6.07 Å². The number of benzene rings is 3. The van der Waals surface area contributed by atoms with Crippen LogP contribution in [0.2, 0.25) is 0 Å². The van der Waals surface area contributed by atoms with E-state index in [2.05, 4.69) is 0 Å². The fraction of sp³-hybridized carbons (Fsp3) is 0.0833. The Morgan fingerprint density at radius 3 is 1.83 bits per heavy atom. The minimum Gasteiger partial charge on any atom is -0.384 e. The van der Waals surface area contributed by atoms with Gasteiger partial charge in [0, 0.05) is 16.7 Å². The normalized spacial score (nSPS) is 13.0. The molecule has 0 heterocycles. The molecule has 1 unspecified atom stereocenters. The van der Waals surface area contributed by atoms with Crippen LogP contribution in [0.1, 0.15) is 37.9 Å². The summed E-state index contributed by atoms with van der Waals surface area (Å²) in [5, 5.41) is 10.9. The van der Waals surface area contributed by atoms with Gasteiger partial charge >= 0.3 is 6.18 Å². The average molecular weight is 410 g/mol. The highest BCUT2D eigenvalue weighted by Gasteiger charge is 2.39. The van der Waals surface area contributed by atoms with Crippen molar-refractivity contribution < 1.29 is 27.9 Å². The highest BCUT2D eigenvalue weighted by Crippen LogP contribution is 2.28. The van der Waals surface area contributed by atoms with E-state index < -0.39 is 29.4 Å². The first-order valence-electron chi connectivity index (χ1n) is 9.03. The zero-order chi connectivity index (χ0) is 21.7. The predicted octanol–water partition coefficient (Wildman–Crippen LogP) is 5.43. The number of alkyl halides is 3. The van der Waals surface area contributed by atoms with E-state index >= 15 is 0 Å². The largest absolute Gasteiger partial charge is 0.454 e. The number of aliphatic hydroxyl groups excluding tert-OH is 1. The molecule has 0 spiro atoms. The summed E-state index contributed by atoms with van der Waals surface area (Å²) in [6.45, 7) is 0. The third kappa shape index (κ3) is 4.90. The summed E-state index contributed by atoms with van der Waals surface area (Å²) in [7, 11) is 0. The summed E-state index contributed by atoms with van der Waals surface area (Å²) in [4.78, 5) is 24.4. The summed E-state index contributed by atoms with van der Waals surface area (Å²) >= 11 is 0. The van der Waals surface area contributed by atoms with Crippen molar-refractivity contribution in [1.82, 2.24) is 0 Å². The highest BCUT2D eigenvalue weighted by molar-refractivity contribution is 6.12. The Morgan fingerprint density at radius 1 is 0.767 bits per heavy atom. The number of aliphatic hydroxyl groups is 1. The van der Waals surface area contributed by atoms with Crippen LogP contribution in [0.25, 0.3) is 6.08 Å². The summed E-state index contributed by atoms with van der Waals surface area (Å²) in [5.74, 6) is -2.38. The highest BCUT2D eigenvalue weighted by atomic mass is 19.4. The number of hydrogen-bond acceptors (Lipinski definition) is 3. The van der Waals surface area contributed by atoms with E-state index in [9.17, 15) is 27.9 Å². The van der Waals surface area contributed by atoms with E-state index in [0.29, 0.717) is 11.1 Å². The lowest BCUT2D eigenvalue weighted by Crippen LogP contribution is -2.22. The van der Waals surface area contributed by atoms with Gasteiger partial charge in [0.25, 0.3) is 5.78 Å². The van der Waals surface area contributed by atoms with Crippen molar-refractivity contribution in [2.24, 2.45) is 0 Å². The average Bonchev–Trinajstić information content (AvgIpc) is 2.77. The summed E-state index contributed by atoms with van der Waals surface area (Å²) in [6.07, 6.45) is -4.84. The fourth-order valence-corrected chi connectivity index (χ4v) is 2.91. The maximum Gasteiger partial charge on any atom is 0.454 e. The number of Topliss-reactive ketones (excluding diaryl/α,β-unsaturated/α-hetero) is 2. The third-order valence-electron chi connectivity index (χ3n) is 4.46. The first-order chi connectivity index (χ1) is 14.3. The SMILES string of the molecule is O=C(/C(=C\c1ccccc1)C(O)c1ccc(C(=O)C(F)(F)F)cc1)c1ccccc1. The number of ketones is 2. The van der Waals surface area contributed by atoms with Crippen LogP contribution in [0.4, 0.5) is 13.2 Å². The maximum atomic E-state index is 13.0. The van der Waals surface area contributed by atoms with Gasteiger partial charge in [-0.3, -0.25) is 9.59 Å². The van der Waals surface area contributed by atoms with Gasteiger partial charge in [-0.2, -0.15) is 13.2 Å². The van der Waals surface area contributed by atoms with E-state index in [1.54, 1.807) is 54.6 Å². The molecule has 0 saturated heterocycles. The molecule has 0 amide bonds. The Hall–Kier alpha value is -3.51. The van der Waals surface area contributed by atoms with Gasteiger partial charge in [-0.15, -0.1) is 0 Å². The van der Waals surface area contributed by atoms with Crippen LogP contribution in [0.15, 0.2) is 90.5 Å². The molecule has 1 N–H and O–H groups in total. The molecular formula is C24H17F3O3. The predicted molar refractivity (Wildman–Crippen MR) is 107 cm³/mol. The Morgan fingerprint density at radius 2 is 1.30 bits per heavy atom. The molecule has 0 fully saturated rings. The van der Waals surface area contributed by atoms with Crippen molar-refractivity contribution in [3.8, 4) is 0 Å². The van der Waals surface area contributed by atoms with E-state index in [1.165, 1.54) is 18.2 Å². The molecule has 3 aromatic rings. The number of halogens is 3. The van der Waals surface area contributed by atoms with Crippen molar-refractivity contribution in [2.45, 2.75) is 12.3 Å². The molecule has 0 aliphatic rings. The van der Waals surface area contributed by atoms with Crippen molar-refractivity contribution in [2.75, 3.05) is 0 Å². The van der Waals surface area contributed by atoms with Gasteiger partial charge < -0.3 is 5.11 Å². The van der Waals surface area contributed by atoms with Crippen molar-refractivity contribution in [3.05, 3.63) is 113 Å². The van der Waals surface area contributed by atoms with Gasteiger partial charge in [0.2, 0.25) is 0 Å². The molecule has 0 saturated carbocycles. The second kappa shape index (κ2) is 8.88. The summed E-state index contributed by atoms with van der Waals surface area (Å²) in [6, 6.07) is 21.6. The van der Waals surface area contributed by atoms with Crippen LogP contribution in [-0.4, -0.2) is 22.8 Å². The molecule has 0 aliphatic carbocycles. The van der Waals surface area contributed by atoms with Gasteiger partial charge in [0.15, 0.2) is 5.78 Å². The van der Waals surface area contributed by atoms with Gasteiger partial charge in [-0.1, -0.05) is 84.9 Å². The molecule has 6 heteroatoms. The standard InChI is InChI=1S/C24H17F3O3/c25-24(26,27)23(30)19-13-11-18(12-14-19)22(29)20(15-16-7-3-1-4-8-16)21(28)17-9-5-2-6-10-17/h1-15,22,29H/b20-15+.